The maximum Gasteiger partial charge on any atom is 1.00 e. The molecule has 3 nitrogen and oxygen atoms in total. The van der Waals surface area contributed by atoms with Gasteiger partial charge in [0, 0.05) is 0 Å². The average Bonchev–Trinajstić information content (AvgIpc) is 1.38. The normalized spacial score (nSPS) is 8.00. The first-order valence-electron chi connectivity index (χ1n) is 1.24. The van der Waals surface area contributed by atoms with Gasteiger partial charge in [0.25, 0.3) is 0 Å². The largest absolute Gasteiger partial charge is 1.00 e. The van der Waals surface area contributed by atoms with Crippen LogP contribution in [0.2, 0.25) is 0 Å². The molecule has 0 aromatic heterocycles. The molecule has 0 aliphatic carbocycles. The van der Waals surface area contributed by atoms with Crippen LogP contribution in [0.3, 0.4) is 0 Å². The molecule has 6 heavy (non-hydrogen) atoms. The van der Waals surface area contributed by atoms with Crippen LogP contribution in [0.5, 0.6) is 0 Å². The summed E-state index contributed by atoms with van der Waals surface area (Å²) in [4.78, 5) is 0. The van der Waals surface area contributed by atoms with Gasteiger partial charge in [-0.05, 0) is 0 Å². The summed E-state index contributed by atoms with van der Waals surface area (Å²) < 4.78 is 0. The maximum atomic E-state index is 7.67. The van der Waals surface area contributed by atoms with Crippen LogP contribution in [0, 0.1) is 0 Å². The van der Waals surface area contributed by atoms with Crippen LogP contribution >= 0.6 is 0 Å². The molecule has 0 unspecified atom stereocenters. The fourth-order valence-corrected chi connectivity index (χ4v) is 0. The van der Waals surface area contributed by atoms with Crippen molar-refractivity contribution >= 4 is 0 Å². The first kappa shape index (κ1) is 9.99. The standard InChI is InChI=1S/C2H6O3.Na.H/c3-1-2(4)5;;/h2-5H,1H2;;/q;+1;-1. The fourth-order valence-electron chi connectivity index (χ4n) is 0. The molecule has 0 fully saturated rings. The molecule has 0 saturated carbocycles. The molecular weight excluding hydrogens is 95.0 g/mol. The second-order valence-corrected chi connectivity index (χ2v) is 0.663. The predicted octanol–water partition coefficient (Wildman–Crippen LogP) is -4.59. The van der Waals surface area contributed by atoms with Gasteiger partial charge in [0.2, 0.25) is 0 Å². The first-order valence-corrected chi connectivity index (χ1v) is 1.24. The first-order chi connectivity index (χ1) is 2.27. The molecular formula is C2H7NaO3. The van der Waals surface area contributed by atoms with E-state index in [9.17, 15) is 0 Å². The van der Waals surface area contributed by atoms with E-state index in [4.69, 9.17) is 15.3 Å². The van der Waals surface area contributed by atoms with Crippen molar-refractivity contribution in [1.29, 1.82) is 0 Å². The minimum absolute atomic E-state index is 0. The van der Waals surface area contributed by atoms with Gasteiger partial charge in [0.1, 0.15) is 0 Å². The van der Waals surface area contributed by atoms with E-state index in [1.54, 1.807) is 0 Å². The predicted molar refractivity (Wildman–Crippen MR) is 16.4 cm³/mol. The van der Waals surface area contributed by atoms with Crippen molar-refractivity contribution in [3.05, 3.63) is 0 Å². The molecule has 0 heterocycles. The van der Waals surface area contributed by atoms with Crippen molar-refractivity contribution in [3.63, 3.8) is 0 Å². The number of hydrogen-bond donors (Lipinski definition) is 3. The summed E-state index contributed by atoms with van der Waals surface area (Å²) in [5.41, 5.74) is 0. The van der Waals surface area contributed by atoms with Crippen LogP contribution in [0.4, 0.5) is 0 Å². The summed E-state index contributed by atoms with van der Waals surface area (Å²) >= 11 is 0. The molecule has 0 bridgehead atoms. The van der Waals surface area contributed by atoms with Gasteiger partial charge in [0.05, 0.1) is 6.61 Å². The van der Waals surface area contributed by atoms with E-state index in [-0.39, 0.29) is 31.0 Å². The van der Waals surface area contributed by atoms with Gasteiger partial charge in [-0.1, -0.05) is 0 Å². The van der Waals surface area contributed by atoms with Crippen LogP contribution in [0.25, 0.3) is 0 Å². The summed E-state index contributed by atoms with van der Waals surface area (Å²) in [6.07, 6.45) is -1.56. The Bertz CT molecular complexity index is 26.9. The molecule has 0 spiro atoms. The van der Waals surface area contributed by atoms with Crippen LogP contribution in [0.15, 0.2) is 0 Å². The molecule has 0 rings (SSSR count). The Kier molecular flexibility index (Phi) is 9.79. The van der Waals surface area contributed by atoms with Crippen molar-refractivity contribution in [2.45, 2.75) is 6.29 Å². The van der Waals surface area contributed by atoms with E-state index < -0.39 is 12.9 Å². The van der Waals surface area contributed by atoms with Crippen molar-refractivity contribution < 1.29 is 46.3 Å². The Balaban J connectivity index is -0.0000000800. The molecule has 34 valence electrons. The zero-order chi connectivity index (χ0) is 4.28. The number of aliphatic hydroxyl groups excluding tert-OH is 2. The summed E-state index contributed by atoms with van der Waals surface area (Å²) in [5.74, 6) is 0. The van der Waals surface area contributed by atoms with Crippen molar-refractivity contribution in [3.8, 4) is 0 Å². The summed E-state index contributed by atoms with van der Waals surface area (Å²) in [6, 6.07) is 0. The Hall–Kier alpha value is 0.880. The van der Waals surface area contributed by atoms with E-state index in [0.29, 0.717) is 0 Å². The average molecular weight is 102 g/mol. The van der Waals surface area contributed by atoms with Gasteiger partial charge in [-0.2, -0.15) is 0 Å². The van der Waals surface area contributed by atoms with Gasteiger partial charge >= 0.3 is 29.6 Å². The zero-order valence-electron chi connectivity index (χ0n) is 4.63. The van der Waals surface area contributed by atoms with Gasteiger partial charge in [-0.25, -0.2) is 0 Å². The van der Waals surface area contributed by atoms with E-state index >= 15 is 0 Å². The van der Waals surface area contributed by atoms with Gasteiger partial charge in [0.15, 0.2) is 6.29 Å². The second kappa shape index (κ2) is 5.88. The van der Waals surface area contributed by atoms with E-state index in [1.165, 1.54) is 0 Å². The van der Waals surface area contributed by atoms with Crippen LogP contribution in [0.1, 0.15) is 1.43 Å². The molecule has 0 aliphatic rings. The SMILES string of the molecule is OCC(O)O.[H-].[Na+]. The third-order valence-electron chi connectivity index (χ3n) is 0.163. The number of rotatable bonds is 1. The minimum Gasteiger partial charge on any atom is -1.00 e. The Morgan fingerprint density at radius 2 is 1.67 bits per heavy atom. The Morgan fingerprint density at radius 3 is 1.67 bits per heavy atom. The summed E-state index contributed by atoms with van der Waals surface area (Å²) in [7, 11) is 0. The molecule has 0 amide bonds. The van der Waals surface area contributed by atoms with Crippen LogP contribution in [-0.4, -0.2) is 28.2 Å². The molecule has 0 saturated heterocycles. The third kappa shape index (κ3) is 8.86. The molecule has 3 N–H and O–H groups in total. The fraction of sp³-hybridized carbons (Fsp3) is 1.00. The molecule has 4 heteroatoms. The van der Waals surface area contributed by atoms with E-state index in [1.807, 2.05) is 0 Å². The maximum absolute atomic E-state index is 7.67. The smallest absolute Gasteiger partial charge is 1.00 e. The van der Waals surface area contributed by atoms with E-state index in [0.717, 1.165) is 0 Å². The van der Waals surface area contributed by atoms with Crippen molar-refractivity contribution in [2.24, 2.45) is 0 Å². The molecule has 0 aliphatic heterocycles. The third-order valence-corrected chi connectivity index (χ3v) is 0.163. The number of aliphatic hydroxyl groups is 3. The summed E-state index contributed by atoms with van der Waals surface area (Å²) in [5, 5.41) is 23.0. The quantitative estimate of drug-likeness (QED) is 0.231. The molecule has 0 atom stereocenters. The van der Waals surface area contributed by atoms with Crippen molar-refractivity contribution in [1.82, 2.24) is 0 Å². The Labute approximate surface area is 59.4 Å². The second-order valence-electron chi connectivity index (χ2n) is 0.663. The molecule has 0 aromatic rings. The van der Waals surface area contributed by atoms with Gasteiger partial charge in [-0.15, -0.1) is 0 Å². The van der Waals surface area contributed by atoms with Crippen molar-refractivity contribution in [2.75, 3.05) is 6.61 Å². The summed E-state index contributed by atoms with van der Waals surface area (Å²) in [6.45, 7) is -0.583. The molecule has 0 aromatic carbocycles. The van der Waals surface area contributed by atoms with Gasteiger partial charge < -0.3 is 16.7 Å². The molecule has 0 radical (unpaired) electrons. The monoisotopic (exact) mass is 102 g/mol. The van der Waals surface area contributed by atoms with Crippen LogP contribution < -0.4 is 29.6 Å². The minimum atomic E-state index is -1.56. The van der Waals surface area contributed by atoms with Gasteiger partial charge in [-0.3, -0.25) is 0 Å². The Morgan fingerprint density at radius 1 is 1.50 bits per heavy atom. The topological polar surface area (TPSA) is 60.7 Å². The van der Waals surface area contributed by atoms with Crippen LogP contribution in [-0.2, 0) is 0 Å². The zero-order valence-corrected chi connectivity index (χ0v) is 5.63. The van der Waals surface area contributed by atoms with E-state index in [2.05, 4.69) is 0 Å². The number of hydrogen-bond acceptors (Lipinski definition) is 3.